The first-order valence-corrected chi connectivity index (χ1v) is 10.8. The Morgan fingerprint density at radius 2 is 2.03 bits per heavy atom. The smallest absolute Gasteiger partial charge is 0.156 e. The number of nitrogens with zero attached hydrogens (tertiary/aromatic N) is 5. The summed E-state index contributed by atoms with van der Waals surface area (Å²) in [5.41, 5.74) is 4.84. The number of anilines is 1. The summed E-state index contributed by atoms with van der Waals surface area (Å²) in [6, 6.07) is 11.8. The van der Waals surface area contributed by atoms with Crippen molar-refractivity contribution in [3.05, 3.63) is 76.5 Å². The quantitative estimate of drug-likeness (QED) is 0.405. The van der Waals surface area contributed by atoms with Gasteiger partial charge in [-0.1, -0.05) is 43.1 Å². The van der Waals surface area contributed by atoms with Gasteiger partial charge in [0, 0.05) is 24.5 Å². The van der Waals surface area contributed by atoms with Crippen molar-refractivity contribution in [2.75, 3.05) is 5.32 Å². The summed E-state index contributed by atoms with van der Waals surface area (Å²) in [6.07, 6.45) is 9.30. The van der Waals surface area contributed by atoms with E-state index in [1.807, 2.05) is 60.4 Å². The van der Waals surface area contributed by atoms with Crippen LogP contribution in [-0.4, -0.2) is 24.7 Å². The predicted molar refractivity (Wildman–Crippen MR) is 127 cm³/mol. The number of hydrogen-bond acceptors (Lipinski definition) is 5. The Morgan fingerprint density at radius 1 is 1.16 bits per heavy atom. The number of halogens is 1. The van der Waals surface area contributed by atoms with Crippen molar-refractivity contribution in [1.29, 1.82) is 0 Å². The van der Waals surface area contributed by atoms with Crippen LogP contribution in [0.15, 0.2) is 48.8 Å². The topological polar surface area (TPSA) is 68.5 Å². The first-order chi connectivity index (χ1) is 15.0. The first kappa shape index (κ1) is 21.0. The fraction of sp³-hybridized carbons (Fsp3) is 0.250. The molecule has 1 aromatic carbocycles. The molecule has 0 amide bonds. The maximum Gasteiger partial charge on any atom is 0.156 e. The van der Waals surface area contributed by atoms with Crippen molar-refractivity contribution in [3.63, 3.8) is 0 Å². The molecule has 0 spiro atoms. The van der Waals surface area contributed by atoms with Crippen molar-refractivity contribution < 1.29 is 0 Å². The summed E-state index contributed by atoms with van der Waals surface area (Å²) in [7, 11) is 1.94. The van der Waals surface area contributed by atoms with Gasteiger partial charge in [-0.25, -0.2) is 9.97 Å². The predicted octanol–water partition coefficient (Wildman–Crippen LogP) is 5.71. The van der Waals surface area contributed by atoms with Crippen molar-refractivity contribution in [3.8, 4) is 0 Å². The van der Waals surface area contributed by atoms with Crippen molar-refractivity contribution in [2.45, 2.75) is 32.7 Å². The third kappa shape index (κ3) is 4.75. The zero-order chi connectivity index (χ0) is 21.8. The molecule has 1 N–H and O–H groups in total. The Bertz CT molecular complexity index is 1220. The minimum Gasteiger partial charge on any atom is -0.362 e. The van der Waals surface area contributed by atoms with Crippen LogP contribution in [0.2, 0.25) is 5.02 Å². The van der Waals surface area contributed by atoms with Gasteiger partial charge in [-0.3, -0.25) is 9.67 Å². The number of rotatable bonds is 7. The summed E-state index contributed by atoms with van der Waals surface area (Å²) in [5, 5.41) is 8.97. The molecule has 0 aliphatic rings. The number of aryl methyl sites for hydroxylation is 2. The lowest BCUT2D eigenvalue weighted by atomic mass is 10.1. The van der Waals surface area contributed by atoms with E-state index in [-0.39, 0.29) is 6.04 Å². The first-order valence-electron chi connectivity index (χ1n) is 10.4. The van der Waals surface area contributed by atoms with Gasteiger partial charge in [0.15, 0.2) is 11.6 Å². The Balaban J connectivity index is 1.77. The molecule has 0 bridgehead atoms. The van der Waals surface area contributed by atoms with Crippen LogP contribution >= 0.6 is 11.6 Å². The molecule has 3 aromatic heterocycles. The summed E-state index contributed by atoms with van der Waals surface area (Å²) < 4.78 is 1.86. The Labute approximate surface area is 187 Å². The van der Waals surface area contributed by atoms with E-state index < -0.39 is 0 Å². The van der Waals surface area contributed by atoms with Crippen LogP contribution in [0.25, 0.3) is 23.2 Å². The molecule has 158 valence electrons. The molecule has 31 heavy (non-hydrogen) atoms. The molecule has 7 heteroatoms. The van der Waals surface area contributed by atoms with Crippen LogP contribution in [0.4, 0.5) is 5.82 Å². The molecular formula is C24H25ClN6. The van der Waals surface area contributed by atoms with E-state index in [0.717, 1.165) is 46.5 Å². The van der Waals surface area contributed by atoms with Gasteiger partial charge in [-0.2, -0.15) is 5.10 Å². The number of hydrogen-bond donors (Lipinski definition) is 1. The molecule has 1 unspecified atom stereocenters. The van der Waals surface area contributed by atoms with Gasteiger partial charge >= 0.3 is 0 Å². The fourth-order valence-electron chi connectivity index (χ4n) is 3.55. The van der Waals surface area contributed by atoms with Gasteiger partial charge in [0.05, 0.1) is 11.7 Å². The average molecular weight is 433 g/mol. The minimum atomic E-state index is 0.0106. The molecule has 0 saturated carbocycles. The van der Waals surface area contributed by atoms with Gasteiger partial charge in [0.25, 0.3) is 0 Å². The molecule has 6 nitrogen and oxygen atoms in total. The van der Waals surface area contributed by atoms with E-state index in [4.69, 9.17) is 26.7 Å². The van der Waals surface area contributed by atoms with E-state index >= 15 is 0 Å². The highest BCUT2D eigenvalue weighted by Crippen LogP contribution is 2.28. The van der Waals surface area contributed by atoms with Crippen molar-refractivity contribution >= 4 is 40.6 Å². The van der Waals surface area contributed by atoms with Crippen molar-refractivity contribution in [2.24, 2.45) is 7.05 Å². The average Bonchev–Trinajstić information content (AvgIpc) is 3.09. The fourth-order valence-corrected chi connectivity index (χ4v) is 3.75. The summed E-state index contributed by atoms with van der Waals surface area (Å²) in [4.78, 5) is 13.8. The monoisotopic (exact) mass is 432 g/mol. The zero-order valence-electron chi connectivity index (χ0n) is 17.9. The van der Waals surface area contributed by atoms with Gasteiger partial charge in [-0.15, -0.1) is 0 Å². The van der Waals surface area contributed by atoms with E-state index in [0.29, 0.717) is 10.8 Å². The molecule has 0 aliphatic carbocycles. The standard InChI is InChI=1S/C24H25ClN6/c1-4-7-20-22-23(31(3)30-20)24(27-16(2)18-9-5-10-19(25)14-18)29-21(28-22)12-11-17-8-6-13-26-15-17/h5-6,8-16H,4,7H2,1-3H3,(H,27,28,29). The Morgan fingerprint density at radius 3 is 2.77 bits per heavy atom. The van der Waals surface area contributed by atoms with Crippen LogP contribution in [-0.2, 0) is 13.5 Å². The number of pyridine rings is 1. The zero-order valence-corrected chi connectivity index (χ0v) is 18.6. The molecule has 3 heterocycles. The van der Waals surface area contributed by atoms with Gasteiger partial charge in [0.2, 0.25) is 0 Å². The lowest BCUT2D eigenvalue weighted by Gasteiger charge is -2.16. The molecule has 1 atom stereocenters. The van der Waals surface area contributed by atoms with Crippen LogP contribution in [0.5, 0.6) is 0 Å². The van der Waals surface area contributed by atoms with Crippen LogP contribution in [0.3, 0.4) is 0 Å². The minimum absolute atomic E-state index is 0.0106. The van der Waals surface area contributed by atoms with Gasteiger partial charge in [-0.05, 0) is 54.8 Å². The molecule has 4 rings (SSSR count). The highest BCUT2D eigenvalue weighted by Gasteiger charge is 2.18. The Kier molecular flexibility index (Phi) is 6.28. The van der Waals surface area contributed by atoms with Crippen LogP contribution in [0.1, 0.15) is 49.0 Å². The molecule has 0 aliphatic heterocycles. The molecule has 4 aromatic rings. The van der Waals surface area contributed by atoms with Crippen LogP contribution in [0, 0.1) is 0 Å². The lowest BCUT2D eigenvalue weighted by molar-refractivity contribution is 0.751. The normalized spacial score (nSPS) is 12.5. The third-order valence-electron chi connectivity index (χ3n) is 5.07. The number of benzene rings is 1. The molecular weight excluding hydrogens is 408 g/mol. The second-order valence-corrected chi connectivity index (χ2v) is 7.93. The van der Waals surface area contributed by atoms with Crippen molar-refractivity contribution in [1.82, 2.24) is 24.7 Å². The van der Waals surface area contributed by atoms with Crippen LogP contribution < -0.4 is 5.32 Å². The molecule has 0 radical (unpaired) electrons. The molecule has 0 fully saturated rings. The summed E-state index contributed by atoms with van der Waals surface area (Å²) in [6.45, 7) is 4.24. The largest absolute Gasteiger partial charge is 0.362 e. The van der Waals surface area contributed by atoms with E-state index in [1.165, 1.54) is 0 Å². The van der Waals surface area contributed by atoms with Gasteiger partial charge in [0.1, 0.15) is 11.0 Å². The second-order valence-electron chi connectivity index (χ2n) is 7.49. The maximum atomic E-state index is 6.19. The van der Waals surface area contributed by atoms with E-state index in [2.05, 4.69) is 30.2 Å². The highest BCUT2D eigenvalue weighted by molar-refractivity contribution is 6.30. The number of aromatic nitrogens is 5. The summed E-state index contributed by atoms with van der Waals surface area (Å²) in [5.74, 6) is 1.38. The second kappa shape index (κ2) is 9.27. The SMILES string of the molecule is CCCc1nn(C)c2c(NC(C)c3cccc(Cl)c3)nc(C=Cc3cccnc3)nc12. The summed E-state index contributed by atoms with van der Waals surface area (Å²) >= 11 is 6.19. The maximum absolute atomic E-state index is 6.19. The third-order valence-corrected chi connectivity index (χ3v) is 5.30. The van der Waals surface area contributed by atoms with Gasteiger partial charge < -0.3 is 5.32 Å². The van der Waals surface area contributed by atoms with E-state index in [1.54, 1.807) is 6.20 Å². The van der Waals surface area contributed by atoms with E-state index in [9.17, 15) is 0 Å². The Hall–Kier alpha value is -3.25. The highest BCUT2D eigenvalue weighted by atomic mass is 35.5. The number of fused-ring (bicyclic) bond motifs is 1. The molecule has 0 saturated heterocycles. The lowest BCUT2D eigenvalue weighted by Crippen LogP contribution is -2.10. The number of nitrogens with one attached hydrogen (secondary N) is 1.